The smallest absolute Gasteiger partial charge is 0.282 e. The summed E-state index contributed by atoms with van der Waals surface area (Å²) < 4.78 is 41.4. The Labute approximate surface area is 159 Å². The minimum Gasteiger partial charge on any atom is -0.366 e. The molecule has 4 nitrogen and oxygen atoms in total. The molecule has 4 rings (SSSR count). The topological polar surface area (TPSA) is 40.6 Å². The molecule has 1 fully saturated rings. The predicted octanol–water partition coefficient (Wildman–Crippen LogP) is 3.87. The molecular formula is C21H17F3N2O2. The molecule has 0 bridgehead atoms. The minimum absolute atomic E-state index is 0.0792. The molecule has 2 aromatic rings. The van der Waals surface area contributed by atoms with Gasteiger partial charge in [-0.3, -0.25) is 9.59 Å². The Balaban J connectivity index is 1.85. The van der Waals surface area contributed by atoms with Crippen LogP contribution < -0.4 is 4.90 Å². The number of amides is 2. The lowest BCUT2D eigenvalue weighted by Crippen LogP contribution is -2.37. The Morgan fingerprint density at radius 1 is 0.750 bits per heavy atom. The second-order valence-electron chi connectivity index (χ2n) is 6.82. The summed E-state index contributed by atoms with van der Waals surface area (Å²) in [6.45, 7) is 1.16. The molecule has 2 aromatic carbocycles. The molecule has 28 heavy (non-hydrogen) atoms. The minimum atomic E-state index is -0.874. The Morgan fingerprint density at radius 2 is 1.39 bits per heavy atom. The van der Waals surface area contributed by atoms with Crippen LogP contribution in [-0.2, 0) is 9.59 Å². The van der Waals surface area contributed by atoms with E-state index in [0.29, 0.717) is 23.6 Å². The van der Waals surface area contributed by atoms with Crippen LogP contribution in [0.3, 0.4) is 0 Å². The average molecular weight is 386 g/mol. The molecule has 0 spiro atoms. The Hall–Kier alpha value is -3.09. The van der Waals surface area contributed by atoms with E-state index in [4.69, 9.17) is 0 Å². The second-order valence-corrected chi connectivity index (χ2v) is 6.82. The maximum absolute atomic E-state index is 14.3. The summed E-state index contributed by atoms with van der Waals surface area (Å²) in [6, 6.07) is 7.83. The monoisotopic (exact) mass is 386 g/mol. The fourth-order valence-electron chi connectivity index (χ4n) is 3.68. The highest BCUT2D eigenvalue weighted by Crippen LogP contribution is 2.37. The van der Waals surface area contributed by atoms with E-state index in [1.165, 1.54) is 24.3 Å². The number of piperidine rings is 1. The summed E-state index contributed by atoms with van der Waals surface area (Å²) in [5.74, 6) is -3.56. The molecule has 1 saturated heterocycles. The van der Waals surface area contributed by atoms with Gasteiger partial charge in [0, 0.05) is 19.2 Å². The van der Waals surface area contributed by atoms with Crippen molar-refractivity contribution in [3.63, 3.8) is 0 Å². The number of rotatable bonds is 3. The van der Waals surface area contributed by atoms with Crippen LogP contribution in [0.5, 0.6) is 0 Å². The fourth-order valence-corrected chi connectivity index (χ4v) is 3.68. The number of halogens is 3. The lowest BCUT2D eigenvalue weighted by atomic mass is 10.0. The van der Waals surface area contributed by atoms with Crippen LogP contribution in [0.1, 0.15) is 24.8 Å². The predicted molar refractivity (Wildman–Crippen MR) is 97.6 cm³/mol. The lowest BCUT2D eigenvalue weighted by Gasteiger charge is -2.29. The number of benzene rings is 2. The van der Waals surface area contributed by atoms with Gasteiger partial charge in [0.1, 0.15) is 23.1 Å². The first kappa shape index (κ1) is 18.3. The fraction of sp³-hybridized carbons (Fsp3) is 0.238. The first-order chi connectivity index (χ1) is 13.5. The zero-order valence-electron chi connectivity index (χ0n) is 14.9. The molecule has 0 aliphatic carbocycles. The zero-order chi connectivity index (χ0) is 19.8. The van der Waals surface area contributed by atoms with Gasteiger partial charge in [-0.05, 0) is 49.1 Å². The first-order valence-corrected chi connectivity index (χ1v) is 9.06. The third kappa shape index (κ3) is 3.06. The van der Waals surface area contributed by atoms with E-state index < -0.39 is 35.0 Å². The molecule has 144 valence electrons. The molecule has 0 atom stereocenters. The lowest BCUT2D eigenvalue weighted by molar-refractivity contribution is -0.120. The first-order valence-electron chi connectivity index (χ1n) is 9.06. The molecule has 0 unspecified atom stereocenters. The molecule has 0 N–H and O–H groups in total. The Morgan fingerprint density at radius 3 is 2.07 bits per heavy atom. The van der Waals surface area contributed by atoms with Crippen LogP contribution in [0, 0.1) is 17.5 Å². The third-order valence-corrected chi connectivity index (χ3v) is 5.01. The Kier molecular flexibility index (Phi) is 4.66. The van der Waals surface area contributed by atoms with Crippen molar-refractivity contribution in [1.29, 1.82) is 0 Å². The van der Waals surface area contributed by atoms with E-state index in [1.807, 2.05) is 0 Å². The molecule has 2 amide bonds. The standard InChI is InChI=1S/C21H17F3N2O2/c22-14-6-4-13(5-7-14)18-19(25-10-2-1-3-11-25)21(28)26(20(18)27)17-12-15(23)8-9-16(17)24/h4-9,12H,1-3,10-11H2. The van der Waals surface area contributed by atoms with Gasteiger partial charge < -0.3 is 4.90 Å². The van der Waals surface area contributed by atoms with Crippen LogP contribution in [0.15, 0.2) is 48.2 Å². The van der Waals surface area contributed by atoms with Gasteiger partial charge in [0.2, 0.25) is 0 Å². The molecule has 0 saturated carbocycles. The number of imide groups is 1. The summed E-state index contributed by atoms with van der Waals surface area (Å²) in [4.78, 5) is 28.8. The van der Waals surface area contributed by atoms with Crippen molar-refractivity contribution in [2.24, 2.45) is 0 Å². The van der Waals surface area contributed by atoms with E-state index >= 15 is 0 Å². The quantitative estimate of drug-likeness (QED) is 0.752. The van der Waals surface area contributed by atoms with Crippen molar-refractivity contribution in [1.82, 2.24) is 4.90 Å². The van der Waals surface area contributed by atoms with Gasteiger partial charge in [-0.1, -0.05) is 12.1 Å². The number of hydrogen-bond donors (Lipinski definition) is 0. The van der Waals surface area contributed by atoms with Crippen LogP contribution in [-0.4, -0.2) is 29.8 Å². The molecule has 2 heterocycles. The highest BCUT2D eigenvalue weighted by atomic mass is 19.1. The van der Waals surface area contributed by atoms with Crippen molar-refractivity contribution in [3.05, 3.63) is 71.2 Å². The van der Waals surface area contributed by atoms with E-state index in [9.17, 15) is 22.8 Å². The highest BCUT2D eigenvalue weighted by molar-refractivity contribution is 6.45. The average Bonchev–Trinajstić information content (AvgIpc) is 2.95. The molecule has 2 aliphatic heterocycles. The van der Waals surface area contributed by atoms with Crippen molar-refractivity contribution in [3.8, 4) is 0 Å². The largest absolute Gasteiger partial charge is 0.366 e. The number of nitrogens with zero attached hydrogens (tertiary/aromatic N) is 2. The molecule has 0 aromatic heterocycles. The summed E-state index contributed by atoms with van der Waals surface area (Å²) in [7, 11) is 0. The van der Waals surface area contributed by atoms with Crippen molar-refractivity contribution >= 4 is 23.1 Å². The third-order valence-electron chi connectivity index (χ3n) is 5.01. The SMILES string of the molecule is O=C1C(c2ccc(F)cc2)=C(N2CCCCC2)C(=O)N1c1cc(F)ccc1F. The molecular weight excluding hydrogens is 369 g/mol. The zero-order valence-corrected chi connectivity index (χ0v) is 14.9. The van der Waals surface area contributed by atoms with Crippen molar-refractivity contribution < 1.29 is 22.8 Å². The van der Waals surface area contributed by atoms with Crippen LogP contribution >= 0.6 is 0 Å². The van der Waals surface area contributed by atoms with Gasteiger partial charge in [0.15, 0.2) is 0 Å². The number of anilines is 1. The summed E-state index contributed by atoms with van der Waals surface area (Å²) >= 11 is 0. The van der Waals surface area contributed by atoms with Gasteiger partial charge in [-0.25, -0.2) is 18.1 Å². The molecule has 2 aliphatic rings. The van der Waals surface area contributed by atoms with Gasteiger partial charge in [0.25, 0.3) is 11.8 Å². The van der Waals surface area contributed by atoms with Crippen molar-refractivity contribution in [2.45, 2.75) is 19.3 Å². The number of carbonyl (C=O) groups excluding carboxylic acids is 2. The Bertz CT molecular complexity index is 980. The van der Waals surface area contributed by atoms with Gasteiger partial charge in [0.05, 0.1) is 11.3 Å². The van der Waals surface area contributed by atoms with E-state index in [1.54, 1.807) is 4.90 Å². The van der Waals surface area contributed by atoms with Gasteiger partial charge >= 0.3 is 0 Å². The van der Waals surface area contributed by atoms with Gasteiger partial charge in [-0.2, -0.15) is 0 Å². The summed E-state index contributed by atoms with van der Waals surface area (Å²) in [6.07, 6.45) is 2.73. The number of hydrogen-bond acceptors (Lipinski definition) is 3. The maximum Gasteiger partial charge on any atom is 0.282 e. The van der Waals surface area contributed by atoms with E-state index in [2.05, 4.69) is 0 Å². The summed E-state index contributed by atoms with van der Waals surface area (Å²) in [5, 5.41) is 0. The molecule has 0 radical (unpaired) electrons. The normalized spacial score (nSPS) is 17.7. The second kappa shape index (κ2) is 7.14. The van der Waals surface area contributed by atoms with E-state index in [-0.39, 0.29) is 11.3 Å². The van der Waals surface area contributed by atoms with Crippen LogP contribution in [0.25, 0.3) is 5.57 Å². The molecule has 7 heteroatoms. The van der Waals surface area contributed by atoms with Crippen LogP contribution in [0.4, 0.5) is 18.9 Å². The van der Waals surface area contributed by atoms with Gasteiger partial charge in [-0.15, -0.1) is 0 Å². The van der Waals surface area contributed by atoms with E-state index in [0.717, 1.165) is 37.5 Å². The maximum atomic E-state index is 14.3. The highest BCUT2D eigenvalue weighted by Gasteiger charge is 2.43. The van der Waals surface area contributed by atoms with Crippen molar-refractivity contribution in [2.75, 3.05) is 18.0 Å². The number of likely N-dealkylation sites (tertiary alicyclic amines) is 1. The number of carbonyl (C=O) groups is 2. The summed E-state index contributed by atoms with van der Waals surface area (Å²) in [5.41, 5.74) is 0.164. The van der Waals surface area contributed by atoms with Crippen LogP contribution in [0.2, 0.25) is 0 Å².